The number of ether oxygens (including phenoxy) is 1. The van der Waals surface area contributed by atoms with E-state index in [0.717, 1.165) is 25.7 Å². The van der Waals surface area contributed by atoms with Crippen LogP contribution in [0.5, 0.6) is 5.75 Å². The van der Waals surface area contributed by atoms with Gasteiger partial charge in [-0.25, -0.2) is 0 Å². The lowest BCUT2D eigenvalue weighted by molar-refractivity contribution is -0.385. The fourth-order valence-electron chi connectivity index (χ4n) is 3.57. The second kappa shape index (κ2) is 10.8. The molecular formula is C20H28N2O6. The van der Waals surface area contributed by atoms with Gasteiger partial charge in [-0.3, -0.25) is 19.7 Å². The number of nitrogens with zero attached hydrogens (tertiary/aromatic N) is 2. The van der Waals surface area contributed by atoms with E-state index >= 15 is 0 Å². The van der Waals surface area contributed by atoms with Gasteiger partial charge in [0.05, 0.1) is 17.1 Å². The molecule has 1 aromatic rings. The minimum absolute atomic E-state index is 0.0279. The van der Waals surface area contributed by atoms with Crippen molar-refractivity contribution in [1.82, 2.24) is 4.90 Å². The smallest absolute Gasteiger partial charge is 0.280 e. The summed E-state index contributed by atoms with van der Waals surface area (Å²) in [6, 6.07) is 4.18. The molecule has 2 rings (SSSR count). The zero-order valence-electron chi connectivity index (χ0n) is 16.2. The van der Waals surface area contributed by atoms with Crippen molar-refractivity contribution < 1.29 is 24.4 Å². The van der Waals surface area contributed by atoms with Crippen molar-refractivity contribution in [3.05, 3.63) is 33.9 Å². The Morgan fingerprint density at radius 3 is 2.71 bits per heavy atom. The van der Waals surface area contributed by atoms with Crippen molar-refractivity contribution in [2.75, 3.05) is 6.61 Å². The molecule has 1 fully saturated rings. The predicted octanol–water partition coefficient (Wildman–Crippen LogP) is 3.46. The lowest BCUT2D eigenvalue weighted by atomic mass is 10.1. The summed E-state index contributed by atoms with van der Waals surface area (Å²) in [5.74, 6) is 0.354. The van der Waals surface area contributed by atoms with E-state index in [1.807, 2.05) is 6.92 Å². The zero-order chi connectivity index (χ0) is 20.5. The standard InChI is InChI=1S/C20H28N2O6/c1-2-19(24)21(16-7-3-4-8-16)20(25)9-5-6-12-28-17-10-11-18(22(26)27)15(13-17)14-23/h10-11,13-14,16,19,24H,2-9,12H2,1H3. The molecule has 8 heteroatoms. The molecule has 1 aliphatic rings. The largest absolute Gasteiger partial charge is 0.494 e. The van der Waals surface area contributed by atoms with Gasteiger partial charge in [0.15, 0.2) is 6.29 Å². The molecule has 0 radical (unpaired) electrons. The van der Waals surface area contributed by atoms with Crippen LogP contribution < -0.4 is 4.74 Å². The maximum Gasteiger partial charge on any atom is 0.280 e. The maximum absolute atomic E-state index is 12.6. The highest BCUT2D eigenvalue weighted by Crippen LogP contribution is 2.26. The summed E-state index contributed by atoms with van der Waals surface area (Å²) < 4.78 is 5.54. The second-order valence-electron chi connectivity index (χ2n) is 7.03. The summed E-state index contributed by atoms with van der Waals surface area (Å²) in [6.45, 7) is 2.20. The zero-order valence-corrected chi connectivity index (χ0v) is 16.2. The van der Waals surface area contributed by atoms with Crippen LogP contribution in [0.25, 0.3) is 0 Å². The van der Waals surface area contributed by atoms with E-state index in [9.17, 15) is 24.8 Å². The summed E-state index contributed by atoms with van der Waals surface area (Å²) >= 11 is 0. The first-order chi connectivity index (χ1) is 13.5. The minimum atomic E-state index is -0.728. The van der Waals surface area contributed by atoms with Gasteiger partial charge >= 0.3 is 0 Å². The van der Waals surface area contributed by atoms with Crippen LogP contribution in [0.1, 0.15) is 68.6 Å². The quantitative estimate of drug-likeness (QED) is 0.203. The average Bonchev–Trinajstić information content (AvgIpc) is 3.21. The van der Waals surface area contributed by atoms with Crippen LogP contribution in [-0.2, 0) is 4.79 Å². The van der Waals surface area contributed by atoms with Gasteiger partial charge in [0.2, 0.25) is 5.91 Å². The molecule has 8 nitrogen and oxygen atoms in total. The highest BCUT2D eigenvalue weighted by Gasteiger charge is 2.30. The van der Waals surface area contributed by atoms with Crippen molar-refractivity contribution in [2.24, 2.45) is 0 Å². The van der Waals surface area contributed by atoms with Gasteiger partial charge in [-0.05, 0) is 44.2 Å². The summed E-state index contributed by atoms with van der Waals surface area (Å²) in [6.07, 6.45) is 5.89. The van der Waals surface area contributed by atoms with E-state index in [1.54, 1.807) is 4.90 Å². The fourth-order valence-corrected chi connectivity index (χ4v) is 3.57. The van der Waals surface area contributed by atoms with Crippen LogP contribution in [0.2, 0.25) is 0 Å². The average molecular weight is 392 g/mol. The van der Waals surface area contributed by atoms with E-state index in [2.05, 4.69) is 0 Å². The molecule has 1 amide bonds. The number of carbonyl (C=O) groups excluding carboxylic acids is 2. The van der Waals surface area contributed by atoms with Gasteiger partial charge in [0.25, 0.3) is 5.69 Å². The van der Waals surface area contributed by atoms with Crippen molar-refractivity contribution in [2.45, 2.75) is 70.6 Å². The van der Waals surface area contributed by atoms with Crippen LogP contribution in [0, 0.1) is 10.1 Å². The Hall–Kier alpha value is -2.48. The number of benzene rings is 1. The van der Waals surface area contributed by atoms with E-state index in [1.165, 1.54) is 18.2 Å². The molecule has 28 heavy (non-hydrogen) atoms. The molecule has 1 unspecified atom stereocenters. The number of amides is 1. The predicted molar refractivity (Wildman–Crippen MR) is 103 cm³/mol. The first kappa shape index (κ1) is 21.8. The number of nitro benzene ring substituents is 1. The van der Waals surface area contributed by atoms with Gasteiger partial charge in [0.1, 0.15) is 12.0 Å². The summed E-state index contributed by atoms with van der Waals surface area (Å²) in [7, 11) is 0. The van der Waals surface area contributed by atoms with Crippen LogP contribution in [0.4, 0.5) is 5.69 Å². The number of rotatable bonds is 11. The van der Waals surface area contributed by atoms with Crippen molar-refractivity contribution in [1.29, 1.82) is 0 Å². The lowest BCUT2D eigenvalue weighted by Gasteiger charge is -2.33. The Kier molecular flexibility index (Phi) is 8.38. The monoisotopic (exact) mass is 392 g/mol. The van der Waals surface area contributed by atoms with Gasteiger partial charge in [0, 0.05) is 18.5 Å². The SMILES string of the molecule is CCC(O)N(C(=O)CCCCOc1ccc([N+](=O)[O-])c(C=O)c1)C1CCCC1. The molecule has 0 saturated heterocycles. The molecule has 154 valence electrons. The van der Waals surface area contributed by atoms with Crippen molar-refractivity contribution in [3.63, 3.8) is 0 Å². The van der Waals surface area contributed by atoms with Crippen LogP contribution in [0.3, 0.4) is 0 Å². The second-order valence-corrected chi connectivity index (χ2v) is 7.03. The number of hydrogen-bond donors (Lipinski definition) is 1. The third-order valence-electron chi connectivity index (χ3n) is 5.07. The van der Waals surface area contributed by atoms with E-state index in [0.29, 0.717) is 44.3 Å². The minimum Gasteiger partial charge on any atom is -0.494 e. The molecular weight excluding hydrogens is 364 g/mol. The number of hydrogen-bond acceptors (Lipinski definition) is 6. The lowest BCUT2D eigenvalue weighted by Crippen LogP contribution is -2.45. The third-order valence-corrected chi connectivity index (χ3v) is 5.07. The molecule has 1 aromatic carbocycles. The molecule has 0 spiro atoms. The molecule has 1 N–H and O–H groups in total. The van der Waals surface area contributed by atoms with Gasteiger partial charge in [-0.15, -0.1) is 0 Å². The number of nitro groups is 1. The Balaban J connectivity index is 1.79. The van der Waals surface area contributed by atoms with Gasteiger partial charge in [-0.2, -0.15) is 0 Å². The Labute approximate surface area is 164 Å². The van der Waals surface area contributed by atoms with E-state index in [4.69, 9.17) is 4.74 Å². The number of carbonyl (C=O) groups is 2. The maximum atomic E-state index is 12.6. The van der Waals surface area contributed by atoms with Crippen LogP contribution in [-0.4, -0.2) is 46.0 Å². The molecule has 1 aliphatic carbocycles. The Morgan fingerprint density at radius 1 is 1.39 bits per heavy atom. The van der Waals surface area contributed by atoms with Gasteiger partial charge < -0.3 is 14.7 Å². The number of aliphatic hydroxyl groups is 1. The highest BCUT2D eigenvalue weighted by atomic mass is 16.6. The van der Waals surface area contributed by atoms with E-state index in [-0.39, 0.29) is 23.2 Å². The fraction of sp³-hybridized carbons (Fsp3) is 0.600. The summed E-state index contributed by atoms with van der Waals surface area (Å²) in [5.41, 5.74) is -0.284. The third kappa shape index (κ3) is 5.76. The van der Waals surface area contributed by atoms with Crippen molar-refractivity contribution in [3.8, 4) is 5.75 Å². The van der Waals surface area contributed by atoms with Crippen LogP contribution >= 0.6 is 0 Å². The number of aldehydes is 1. The molecule has 0 bridgehead atoms. The number of aliphatic hydroxyl groups excluding tert-OH is 1. The highest BCUT2D eigenvalue weighted by molar-refractivity contribution is 5.82. The molecule has 0 aliphatic heterocycles. The number of unbranched alkanes of at least 4 members (excludes halogenated alkanes) is 1. The molecule has 0 heterocycles. The van der Waals surface area contributed by atoms with Crippen LogP contribution in [0.15, 0.2) is 18.2 Å². The molecule has 1 atom stereocenters. The first-order valence-electron chi connectivity index (χ1n) is 9.83. The van der Waals surface area contributed by atoms with Crippen molar-refractivity contribution >= 4 is 17.9 Å². The van der Waals surface area contributed by atoms with E-state index < -0.39 is 11.2 Å². The molecule has 1 saturated carbocycles. The summed E-state index contributed by atoms with van der Waals surface area (Å²) in [4.78, 5) is 35.4. The molecule has 0 aromatic heterocycles. The topological polar surface area (TPSA) is 110 Å². The normalized spacial score (nSPS) is 15.2. The van der Waals surface area contributed by atoms with Gasteiger partial charge in [-0.1, -0.05) is 19.8 Å². The Bertz CT molecular complexity index is 687. The Morgan fingerprint density at radius 2 is 2.11 bits per heavy atom. The summed E-state index contributed by atoms with van der Waals surface area (Å²) in [5, 5.41) is 21.0. The first-order valence-corrected chi connectivity index (χ1v) is 9.83.